The topological polar surface area (TPSA) is 108 Å². The Bertz CT molecular complexity index is 788. The second kappa shape index (κ2) is 7.37. The molecule has 0 aliphatic heterocycles. The fraction of sp³-hybridized carbons (Fsp3) is 0.550. The van der Waals surface area contributed by atoms with Crippen LogP contribution in [0.5, 0.6) is 0 Å². The number of esters is 2. The van der Waals surface area contributed by atoms with E-state index in [1.54, 1.807) is 45.0 Å². The summed E-state index contributed by atoms with van der Waals surface area (Å²) < 4.78 is 10.3. The van der Waals surface area contributed by atoms with E-state index < -0.39 is 51.9 Å². The molecule has 1 aromatic rings. The summed E-state index contributed by atoms with van der Waals surface area (Å²) in [6.07, 6.45) is 0. The molecule has 0 saturated heterocycles. The first-order chi connectivity index (χ1) is 13.2. The lowest BCUT2D eigenvalue weighted by Crippen LogP contribution is -2.63. The molecule has 2 saturated carbocycles. The largest absolute Gasteiger partial charge is 0.466 e. The van der Waals surface area contributed by atoms with E-state index >= 15 is 0 Å². The van der Waals surface area contributed by atoms with Gasteiger partial charge in [0, 0.05) is 11.1 Å². The number of hydrogen-bond donors (Lipinski definition) is 2. The summed E-state index contributed by atoms with van der Waals surface area (Å²) in [6, 6.07) is 8.82. The maximum absolute atomic E-state index is 13.1. The van der Waals surface area contributed by atoms with Gasteiger partial charge < -0.3 is 20.5 Å². The number of benzene rings is 1. The highest BCUT2D eigenvalue weighted by atomic mass is 35.5. The van der Waals surface area contributed by atoms with E-state index in [2.05, 4.69) is 5.32 Å². The molecule has 152 valence electrons. The number of anilines is 1. The van der Waals surface area contributed by atoms with Crippen molar-refractivity contribution in [2.24, 2.45) is 28.9 Å². The maximum Gasteiger partial charge on any atom is 0.327 e. The van der Waals surface area contributed by atoms with E-state index in [0.29, 0.717) is 5.69 Å². The second-order valence-electron chi connectivity index (χ2n) is 7.41. The van der Waals surface area contributed by atoms with Gasteiger partial charge in [0.25, 0.3) is 0 Å². The summed E-state index contributed by atoms with van der Waals surface area (Å²) in [7, 11) is 0. The van der Waals surface area contributed by atoms with Crippen molar-refractivity contribution >= 4 is 35.1 Å². The summed E-state index contributed by atoms with van der Waals surface area (Å²) in [4.78, 5) is 38.4. The summed E-state index contributed by atoms with van der Waals surface area (Å²) >= 11 is 6.63. The molecule has 0 aromatic heterocycles. The molecule has 2 aliphatic rings. The molecule has 3 N–H and O–H groups in total. The van der Waals surface area contributed by atoms with Gasteiger partial charge in [0.05, 0.1) is 30.4 Å². The van der Waals surface area contributed by atoms with Gasteiger partial charge in [-0.1, -0.05) is 25.1 Å². The monoisotopic (exact) mass is 408 g/mol. The van der Waals surface area contributed by atoms with Crippen molar-refractivity contribution in [1.29, 1.82) is 0 Å². The number of amides is 1. The Morgan fingerprint density at radius 2 is 1.71 bits per heavy atom. The van der Waals surface area contributed by atoms with Crippen LogP contribution in [0.1, 0.15) is 20.8 Å². The molecule has 2 fully saturated rings. The number of halogens is 1. The molecule has 6 unspecified atom stereocenters. The van der Waals surface area contributed by atoms with Crippen molar-refractivity contribution in [2.75, 3.05) is 18.5 Å². The molecule has 0 radical (unpaired) electrons. The van der Waals surface area contributed by atoms with E-state index in [9.17, 15) is 14.4 Å². The van der Waals surface area contributed by atoms with Crippen molar-refractivity contribution in [2.45, 2.75) is 31.7 Å². The van der Waals surface area contributed by atoms with Gasteiger partial charge in [-0.15, -0.1) is 11.6 Å². The van der Waals surface area contributed by atoms with Gasteiger partial charge in [-0.25, -0.2) is 0 Å². The zero-order valence-corrected chi connectivity index (χ0v) is 16.9. The Morgan fingerprint density at radius 3 is 2.29 bits per heavy atom. The number of fused-ring (bicyclic) bond motifs is 1. The Morgan fingerprint density at radius 1 is 1.11 bits per heavy atom. The third-order valence-electron chi connectivity index (χ3n) is 6.11. The molecule has 8 heteroatoms. The number of rotatable bonds is 6. The van der Waals surface area contributed by atoms with Crippen LogP contribution < -0.4 is 11.1 Å². The smallest absolute Gasteiger partial charge is 0.327 e. The molecule has 28 heavy (non-hydrogen) atoms. The average Bonchev–Trinajstić information content (AvgIpc) is 3.25. The number of carbonyl (C=O) groups is 3. The number of nitrogens with two attached hydrogens (primary N) is 1. The van der Waals surface area contributed by atoms with Crippen LogP contribution in [0.25, 0.3) is 0 Å². The predicted octanol–water partition coefficient (Wildman–Crippen LogP) is 1.94. The van der Waals surface area contributed by atoms with Gasteiger partial charge in [-0.3, -0.25) is 14.4 Å². The van der Waals surface area contributed by atoms with Crippen LogP contribution in [0.4, 0.5) is 5.69 Å². The van der Waals surface area contributed by atoms with Crippen LogP contribution in [0.2, 0.25) is 0 Å². The van der Waals surface area contributed by atoms with Crippen LogP contribution in [0, 0.1) is 23.2 Å². The summed E-state index contributed by atoms with van der Waals surface area (Å²) in [6.45, 7) is 5.38. The third-order valence-corrected chi connectivity index (χ3v) is 6.63. The third kappa shape index (κ3) is 2.79. The van der Waals surface area contributed by atoms with Gasteiger partial charge in [-0.05, 0) is 31.9 Å². The highest BCUT2D eigenvalue weighted by Crippen LogP contribution is 2.74. The number of nitrogens with one attached hydrogen (secondary N) is 1. The van der Waals surface area contributed by atoms with E-state index in [0.717, 1.165) is 0 Å². The molecule has 0 bridgehead atoms. The zero-order valence-electron chi connectivity index (χ0n) is 16.1. The number of ether oxygens (including phenoxy) is 2. The van der Waals surface area contributed by atoms with E-state index in [4.69, 9.17) is 26.8 Å². The van der Waals surface area contributed by atoms with E-state index in [1.165, 1.54) is 0 Å². The summed E-state index contributed by atoms with van der Waals surface area (Å²) in [5.74, 6) is -3.81. The molecule has 3 rings (SSSR count). The molecule has 1 aromatic carbocycles. The van der Waals surface area contributed by atoms with Gasteiger partial charge in [-0.2, -0.15) is 0 Å². The average molecular weight is 409 g/mol. The first-order valence-corrected chi connectivity index (χ1v) is 9.81. The minimum Gasteiger partial charge on any atom is -0.466 e. The lowest BCUT2D eigenvalue weighted by atomic mass is 9.74. The Balaban J connectivity index is 1.96. The minimum atomic E-state index is -1.74. The summed E-state index contributed by atoms with van der Waals surface area (Å²) in [5, 5.41) is 1.96. The highest BCUT2D eigenvalue weighted by Gasteiger charge is 2.86. The lowest BCUT2D eigenvalue weighted by molar-refractivity contribution is -0.158. The van der Waals surface area contributed by atoms with Gasteiger partial charge in [0.1, 0.15) is 5.54 Å². The predicted molar refractivity (Wildman–Crippen MR) is 103 cm³/mol. The standard InChI is InChI=1S/C20H25ClN2O5/c1-4-27-17(25)13-12-15(21)14(16(24)23-11-9-7-6-8-10-11)20(22,19(12,13)3)18(26)28-5-2/h6-10,12-15H,4-5,22H2,1-3H3,(H,23,24). The molecule has 0 spiro atoms. The van der Waals surface area contributed by atoms with Gasteiger partial charge >= 0.3 is 11.9 Å². The van der Waals surface area contributed by atoms with Crippen LogP contribution in [-0.4, -0.2) is 42.0 Å². The van der Waals surface area contributed by atoms with Crippen molar-refractivity contribution in [3.63, 3.8) is 0 Å². The van der Waals surface area contributed by atoms with E-state index in [-0.39, 0.29) is 13.2 Å². The van der Waals surface area contributed by atoms with E-state index in [1.807, 2.05) is 6.07 Å². The minimum absolute atomic E-state index is 0.0998. The van der Waals surface area contributed by atoms with Crippen molar-refractivity contribution in [3.05, 3.63) is 30.3 Å². The molecule has 1 amide bonds. The fourth-order valence-corrected chi connectivity index (χ4v) is 5.42. The normalized spacial score (nSPS) is 35.6. The number of para-hydroxylation sites is 1. The van der Waals surface area contributed by atoms with Gasteiger partial charge in [0.15, 0.2) is 0 Å². The van der Waals surface area contributed by atoms with Crippen LogP contribution in [0.15, 0.2) is 30.3 Å². The number of hydrogen-bond acceptors (Lipinski definition) is 6. The van der Waals surface area contributed by atoms with Crippen LogP contribution >= 0.6 is 11.6 Å². The molecule has 0 heterocycles. The molecule has 2 aliphatic carbocycles. The van der Waals surface area contributed by atoms with Crippen LogP contribution in [-0.2, 0) is 23.9 Å². The summed E-state index contributed by atoms with van der Waals surface area (Å²) in [5.41, 5.74) is 4.40. The molecule has 7 nitrogen and oxygen atoms in total. The first-order valence-electron chi connectivity index (χ1n) is 9.37. The van der Waals surface area contributed by atoms with Crippen molar-refractivity contribution in [3.8, 4) is 0 Å². The van der Waals surface area contributed by atoms with Crippen molar-refractivity contribution in [1.82, 2.24) is 0 Å². The quantitative estimate of drug-likeness (QED) is 0.550. The number of alkyl halides is 1. The molecule has 6 atom stereocenters. The SMILES string of the molecule is CCOC(=O)C1C2C(Cl)C(C(=O)Nc3ccccc3)C(N)(C(=O)OCC)C12C. The zero-order chi connectivity index (χ0) is 20.7. The second-order valence-corrected chi connectivity index (χ2v) is 7.91. The Hall–Kier alpha value is -2.12. The maximum atomic E-state index is 13.1. The Labute approximate surface area is 168 Å². The van der Waals surface area contributed by atoms with Crippen molar-refractivity contribution < 1.29 is 23.9 Å². The van der Waals surface area contributed by atoms with Gasteiger partial charge in [0.2, 0.25) is 5.91 Å². The number of carbonyl (C=O) groups excluding carboxylic acids is 3. The molecular weight excluding hydrogens is 384 g/mol. The molecular formula is C20H25ClN2O5. The fourth-order valence-electron chi connectivity index (χ4n) is 4.70. The lowest BCUT2D eigenvalue weighted by Gasteiger charge is -2.37. The van der Waals surface area contributed by atoms with Crippen LogP contribution in [0.3, 0.4) is 0 Å². The Kier molecular flexibility index (Phi) is 5.42. The highest BCUT2D eigenvalue weighted by molar-refractivity contribution is 6.25. The first kappa shape index (κ1) is 20.6.